The van der Waals surface area contributed by atoms with Crippen molar-refractivity contribution in [2.24, 2.45) is 0 Å². The molecule has 0 saturated carbocycles. The Labute approximate surface area is 161 Å². The third-order valence-electron chi connectivity index (χ3n) is 4.81. The quantitative estimate of drug-likeness (QED) is 0.558. The molecule has 0 aliphatic carbocycles. The van der Waals surface area contributed by atoms with Gasteiger partial charge in [-0.2, -0.15) is 5.26 Å². The van der Waals surface area contributed by atoms with E-state index in [1.54, 1.807) is 12.1 Å². The summed E-state index contributed by atoms with van der Waals surface area (Å²) in [6.07, 6.45) is 1.00. The fourth-order valence-electron chi connectivity index (χ4n) is 3.21. The zero-order chi connectivity index (χ0) is 18.9. The highest BCUT2D eigenvalue weighted by molar-refractivity contribution is 5.46. The van der Waals surface area contributed by atoms with Crippen LogP contribution in [0.5, 0.6) is 5.75 Å². The van der Waals surface area contributed by atoms with Crippen molar-refractivity contribution in [3.8, 4) is 11.8 Å². The van der Waals surface area contributed by atoms with Crippen molar-refractivity contribution in [2.75, 3.05) is 39.3 Å². The van der Waals surface area contributed by atoms with Gasteiger partial charge in [-0.1, -0.05) is 24.3 Å². The predicted octanol–water partition coefficient (Wildman–Crippen LogP) is 3.70. The number of hydrogen-bond donors (Lipinski definition) is 0. The summed E-state index contributed by atoms with van der Waals surface area (Å²) in [5.41, 5.74) is 2.62. The third-order valence-corrected chi connectivity index (χ3v) is 4.81. The summed E-state index contributed by atoms with van der Waals surface area (Å²) in [6, 6.07) is 17.3. The van der Waals surface area contributed by atoms with Crippen LogP contribution in [0.25, 0.3) is 4.85 Å². The lowest BCUT2D eigenvalue weighted by molar-refractivity contribution is 0.121. The number of nitrogens with zero attached hydrogens (tertiary/aromatic N) is 4. The predicted molar refractivity (Wildman–Crippen MR) is 106 cm³/mol. The van der Waals surface area contributed by atoms with E-state index in [9.17, 15) is 0 Å². The van der Waals surface area contributed by atoms with Gasteiger partial charge in [0, 0.05) is 39.3 Å². The molecular formula is C22H24N4O. The third kappa shape index (κ3) is 5.82. The highest BCUT2D eigenvalue weighted by Crippen LogP contribution is 2.18. The topological polar surface area (TPSA) is 43.9 Å². The minimum absolute atomic E-state index is 0.640. The monoisotopic (exact) mass is 360 g/mol. The lowest BCUT2D eigenvalue weighted by Crippen LogP contribution is -2.46. The van der Waals surface area contributed by atoms with Crippen molar-refractivity contribution in [3.63, 3.8) is 0 Å². The average Bonchev–Trinajstić information content (AvgIpc) is 2.73. The SMILES string of the molecule is [C-]#[N+]c1ccc(OCCCN2CCN(Cc3ccc(C#N)cc3)CC2)cc1. The molecule has 138 valence electrons. The van der Waals surface area contributed by atoms with Gasteiger partial charge in [0.2, 0.25) is 0 Å². The van der Waals surface area contributed by atoms with E-state index < -0.39 is 0 Å². The Balaban J connectivity index is 1.32. The van der Waals surface area contributed by atoms with Crippen LogP contribution in [0.15, 0.2) is 48.5 Å². The highest BCUT2D eigenvalue weighted by atomic mass is 16.5. The van der Waals surface area contributed by atoms with Gasteiger partial charge in [0.1, 0.15) is 5.75 Å². The molecule has 0 aromatic heterocycles. The van der Waals surface area contributed by atoms with E-state index in [-0.39, 0.29) is 0 Å². The number of rotatable bonds is 7. The fraction of sp³-hybridized carbons (Fsp3) is 0.364. The van der Waals surface area contributed by atoms with Crippen LogP contribution in [0.4, 0.5) is 5.69 Å². The van der Waals surface area contributed by atoms with Gasteiger partial charge in [0.25, 0.3) is 0 Å². The molecule has 2 aromatic rings. The summed E-state index contributed by atoms with van der Waals surface area (Å²) in [5.74, 6) is 0.828. The van der Waals surface area contributed by atoms with Crippen LogP contribution in [-0.4, -0.2) is 49.1 Å². The molecule has 2 aromatic carbocycles. The van der Waals surface area contributed by atoms with E-state index in [0.29, 0.717) is 17.9 Å². The lowest BCUT2D eigenvalue weighted by atomic mass is 10.1. The molecule has 3 rings (SSSR count). The number of piperazine rings is 1. The molecule has 0 bridgehead atoms. The van der Waals surface area contributed by atoms with E-state index in [0.717, 1.165) is 51.4 Å². The number of nitriles is 1. The summed E-state index contributed by atoms with van der Waals surface area (Å²) >= 11 is 0. The van der Waals surface area contributed by atoms with E-state index in [4.69, 9.17) is 16.6 Å². The zero-order valence-electron chi connectivity index (χ0n) is 15.5. The first kappa shape index (κ1) is 18.9. The molecular weight excluding hydrogens is 336 g/mol. The molecule has 0 spiro atoms. The molecule has 5 heteroatoms. The van der Waals surface area contributed by atoms with Gasteiger partial charge < -0.3 is 9.64 Å². The van der Waals surface area contributed by atoms with Crippen molar-refractivity contribution < 1.29 is 4.74 Å². The molecule has 1 fully saturated rings. The van der Waals surface area contributed by atoms with Crippen LogP contribution in [0.3, 0.4) is 0 Å². The van der Waals surface area contributed by atoms with Gasteiger partial charge in [-0.3, -0.25) is 4.90 Å². The van der Waals surface area contributed by atoms with Crippen molar-refractivity contribution in [1.82, 2.24) is 9.80 Å². The van der Waals surface area contributed by atoms with Crippen molar-refractivity contribution in [2.45, 2.75) is 13.0 Å². The van der Waals surface area contributed by atoms with Crippen LogP contribution >= 0.6 is 0 Å². The highest BCUT2D eigenvalue weighted by Gasteiger charge is 2.16. The summed E-state index contributed by atoms with van der Waals surface area (Å²) in [5, 5.41) is 8.87. The maximum absolute atomic E-state index is 8.87. The Morgan fingerprint density at radius 3 is 2.26 bits per heavy atom. The molecule has 5 nitrogen and oxygen atoms in total. The first-order valence-corrected chi connectivity index (χ1v) is 9.31. The van der Waals surface area contributed by atoms with E-state index in [1.165, 1.54) is 5.56 Å². The van der Waals surface area contributed by atoms with Crippen molar-refractivity contribution in [1.29, 1.82) is 5.26 Å². The van der Waals surface area contributed by atoms with Crippen LogP contribution in [0.1, 0.15) is 17.5 Å². The van der Waals surface area contributed by atoms with Crippen molar-refractivity contribution in [3.05, 3.63) is 71.1 Å². The molecule has 27 heavy (non-hydrogen) atoms. The van der Waals surface area contributed by atoms with Gasteiger partial charge in [-0.05, 0) is 36.2 Å². The number of benzene rings is 2. The average molecular weight is 360 g/mol. The largest absolute Gasteiger partial charge is 0.494 e. The number of ether oxygens (including phenoxy) is 1. The van der Waals surface area contributed by atoms with Gasteiger partial charge in [-0.25, -0.2) is 4.85 Å². The molecule has 0 N–H and O–H groups in total. The van der Waals surface area contributed by atoms with Gasteiger partial charge in [0.05, 0.1) is 24.8 Å². The summed E-state index contributed by atoms with van der Waals surface area (Å²) in [7, 11) is 0. The molecule has 1 heterocycles. The molecule has 1 aliphatic rings. The minimum Gasteiger partial charge on any atom is -0.494 e. The van der Waals surface area contributed by atoms with Crippen LogP contribution in [0.2, 0.25) is 0 Å². The first-order chi connectivity index (χ1) is 13.3. The Hall–Kier alpha value is -2.86. The Morgan fingerprint density at radius 1 is 0.963 bits per heavy atom. The van der Waals surface area contributed by atoms with Crippen LogP contribution in [0, 0.1) is 17.9 Å². The smallest absolute Gasteiger partial charge is 0.187 e. The van der Waals surface area contributed by atoms with Gasteiger partial charge in [-0.15, -0.1) is 0 Å². The van der Waals surface area contributed by atoms with Crippen LogP contribution in [-0.2, 0) is 6.54 Å². The maximum Gasteiger partial charge on any atom is 0.187 e. The van der Waals surface area contributed by atoms with Gasteiger partial charge >= 0.3 is 0 Å². The molecule has 1 aliphatic heterocycles. The molecule has 0 radical (unpaired) electrons. The molecule has 0 unspecified atom stereocenters. The molecule has 0 amide bonds. The van der Waals surface area contributed by atoms with Crippen molar-refractivity contribution >= 4 is 5.69 Å². The maximum atomic E-state index is 8.87. The minimum atomic E-state index is 0.640. The summed E-state index contributed by atoms with van der Waals surface area (Å²) in [6.45, 7) is 13.9. The molecule has 1 saturated heterocycles. The van der Waals surface area contributed by atoms with E-state index in [1.807, 2.05) is 36.4 Å². The number of hydrogen-bond acceptors (Lipinski definition) is 4. The van der Waals surface area contributed by atoms with E-state index in [2.05, 4.69) is 20.7 Å². The normalized spacial score (nSPS) is 15.0. The van der Waals surface area contributed by atoms with E-state index >= 15 is 0 Å². The zero-order valence-corrected chi connectivity index (χ0v) is 15.5. The van der Waals surface area contributed by atoms with Crippen LogP contribution < -0.4 is 4.74 Å². The second-order valence-electron chi connectivity index (χ2n) is 6.73. The second-order valence-corrected chi connectivity index (χ2v) is 6.73. The summed E-state index contributed by atoms with van der Waals surface area (Å²) in [4.78, 5) is 8.33. The Bertz CT molecular complexity index is 791. The lowest BCUT2D eigenvalue weighted by Gasteiger charge is -2.34. The second kappa shape index (κ2) is 9.73. The fourth-order valence-corrected chi connectivity index (χ4v) is 3.21. The van der Waals surface area contributed by atoms with Gasteiger partial charge in [0.15, 0.2) is 5.69 Å². The standard InChI is InChI=1S/C22H24N4O/c1-24-21-7-9-22(10-8-21)27-16-2-11-25-12-14-26(15-13-25)18-20-5-3-19(17-23)4-6-20/h3-10H,2,11-16,18H2. The Kier molecular flexibility index (Phi) is 6.82. The first-order valence-electron chi connectivity index (χ1n) is 9.31. The summed E-state index contributed by atoms with van der Waals surface area (Å²) < 4.78 is 5.75. The Morgan fingerprint density at radius 2 is 1.63 bits per heavy atom. The molecule has 0 atom stereocenters.